The van der Waals surface area contributed by atoms with Crippen LogP contribution >= 0.6 is 24.3 Å². The molecule has 12 heavy (non-hydrogen) atoms. The summed E-state index contributed by atoms with van der Waals surface area (Å²) in [7, 11) is 0. The predicted molar refractivity (Wildman–Crippen MR) is 48.2 cm³/mol. The zero-order chi connectivity index (χ0) is 8.97. The molecule has 1 aromatic rings. The Hall–Kier alpha value is -0.490. The van der Waals surface area contributed by atoms with Crippen molar-refractivity contribution in [2.75, 3.05) is 5.75 Å². The smallest absolute Gasteiger partial charge is 0.131 e. The largest absolute Gasteiger partial charge is 0.269 e. The van der Waals surface area contributed by atoms with E-state index in [2.05, 4.69) is 16.8 Å². The van der Waals surface area contributed by atoms with Crippen molar-refractivity contribution in [1.29, 1.82) is 0 Å². The topological polar surface area (TPSA) is 28.7 Å². The molecule has 0 aliphatic rings. The van der Waals surface area contributed by atoms with Gasteiger partial charge >= 0.3 is 0 Å². The Morgan fingerprint density at radius 2 is 2.42 bits per heavy atom. The molecule has 0 radical (unpaired) electrons. The molecule has 0 bridgehead atoms. The first-order chi connectivity index (χ1) is 5.79. The molecule has 0 amide bonds. The predicted octanol–water partition coefficient (Wildman–Crippen LogP) is 3.02. The van der Waals surface area contributed by atoms with Crippen molar-refractivity contribution in [2.24, 2.45) is 0 Å². The lowest BCUT2D eigenvalue weighted by atomic mass is 10.2. The van der Waals surface area contributed by atoms with E-state index in [4.69, 9.17) is 0 Å². The van der Waals surface area contributed by atoms with Crippen LogP contribution in [0.5, 0.6) is 0 Å². The van der Waals surface area contributed by atoms with Gasteiger partial charge in [0.15, 0.2) is 0 Å². The average Bonchev–Trinajstić information content (AvgIpc) is 2.51. The molecule has 0 spiro atoms. The van der Waals surface area contributed by atoms with Gasteiger partial charge in [-0.2, -0.15) is 12.9 Å². The second-order valence-corrected chi connectivity index (χ2v) is 3.12. The SMILES string of the molecule is C=C(CSF)c1cn[nH]c1SF. The van der Waals surface area contributed by atoms with Gasteiger partial charge in [0.2, 0.25) is 0 Å². The van der Waals surface area contributed by atoms with Gasteiger partial charge in [0.25, 0.3) is 0 Å². The number of hydrogen-bond donors (Lipinski definition) is 1. The van der Waals surface area contributed by atoms with Crippen molar-refractivity contribution in [1.82, 2.24) is 10.2 Å². The van der Waals surface area contributed by atoms with E-state index in [1.807, 2.05) is 0 Å². The lowest BCUT2D eigenvalue weighted by Gasteiger charge is -1.98. The summed E-state index contributed by atoms with van der Waals surface area (Å²) in [5, 5.41) is 6.33. The Balaban J connectivity index is 2.79. The molecule has 0 saturated carbocycles. The van der Waals surface area contributed by atoms with Gasteiger partial charge in [-0.1, -0.05) is 6.58 Å². The Bertz CT molecular complexity index is 274. The van der Waals surface area contributed by atoms with Gasteiger partial charge in [0.05, 0.1) is 11.9 Å². The summed E-state index contributed by atoms with van der Waals surface area (Å²) in [6.45, 7) is 3.59. The second kappa shape index (κ2) is 4.51. The minimum Gasteiger partial charge on any atom is -0.269 e. The average molecular weight is 208 g/mol. The fourth-order valence-electron chi connectivity index (χ4n) is 0.729. The zero-order valence-corrected chi connectivity index (χ0v) is 7.64. The van der Waals surface area contributed by atoms with Crippen LogP contribution < -0.4 is 0 Å². The van der Waals surface area contributed by atoms with Gasteiger partial charge in [-0.3, -0.25) is 5.10 Å². The third-order valence-corrected chi connectivity index (χ3v) is 2.21. The Morgan fingerprint density at radius 3 is 3.00 bits per heavy atom. The van der Waals surface area contributed by atoms with E-state index in [-0.39, 0.29) is 35.1 Å². The molecule has 0 unspecified atom stereocenters. The number of aromatic nitrogens is 2. The van der Waals surface area contributed by atoms with Gasteiger partial charge in [0, 0.05) is 17.7 Å². The van der Waals surface area contributed by atoms with Crippen molar-refractivity contribution in [2.45, 2.75) is 5.03 Å². The molecule has 1 N–H and O–H groups in total. The third-order valence-electron chi connectivity index (χ3n) is 1.29. The van der Waals surface area contributed by atoms with Crippen LogP contribution in [0, 0.1) is 0 Å². The Morgan fingerprint density at radius 1 is 1.67 bits per heavy atom. The van der Waals surface area contributed by atoms with E-state index in [0.29, 0.717) is 11.1 Å². The maximum Gasteiger partial charge on any atom is 0.131 e. The van der Waals surface area contributed by atoms with Gasteiger partial charge in [-0.15, -0.1) is 0 Å². The Labute approximate surface area is 77.4 Å². The molecule has 0 aromatic carbocycles. The van der Waals surface area contributed by atoms with Crippen molar-refractivity contribution in [3.05, 3.63) is 18.3 Å². The highest BCUT2D eigenvalue weighted by Gasteiger charge is 2.09. The molecule has 66 valence electrons. The number of nitrogens with zero attached hydrogens (tertiary/aromatic N) is 1. The van der Waals surface area contributed by atoms with E-state index >= 15 is 0 Å². The van der Waals surface area contributed by atoms with Gasteiger partial charge in [-0.05, 0) is 5.57 Å². The van der Waals surface area contributed by atoms with Gasteiger partial charge in [0.1, 0.15) is 17.2 Å². The number of halogens is 2. The van der Waals surface area contributed by atoms with Crippen molar-refractivity contribution < 1.29 is 7.77 Å². The standard InChI is InChI=1S/C6H6F2N2S2/c1-4(3-11-7)5-2-9-10-6(5)12-8/h2H,1,3H2,(H,9,10). The molecule has 1 aromatic heterocycles. The summed E-state index contributed by atoms with van der Waals surface area (Å²) in [5.74, 6) is 0.132. The number of aromatic amines is 1. The van der Waals surface area contributed by atoms with Crippen molar-refractivity contribution >= 4 is 29.9 Å². The molecule has 0 aliphatic carbocycles. The number of H-pyrrole nitrogens is 1. The van der Waals surface area contributed by atoms with Crippen LogP contribution in [0.3, 0.4) is 0 Å². The summed E-state index contributed by atoms with van der Waals surface area (Å²) in [6.07, 6.45) is 1.43. The van der Waals surface area contributed by atoms with Crippen molar-refractivity contribution in [3.8, 4) is 0 Å². The molecular formula is C6H6F2N2S2. The fourth-order valence-corrected chi connectivity index (χ4v) is 1.38. The molecule has 1 heterocycles. The lowest BCUT2D eigenvalue weighted by Crippen LogP contribution is -1.83. The summed E-state index contributed by atoms with van der Waals surface area (Å²) in [4.78, 5) is 0. The number of rotatable bonds is 4. The molecule has 0 aliphatic heterocycles. The lowest BCUT2D eigenvalue weighted by molar-refractivity contribution is 0.905. The van der Waals surface area contributed by atoms with Crippen LogP contribution in [0.1, 0.15) is 5.56 Å². The molecule has 0 fully saturated rings. The van der Waals surface area contributed by atoms with E-state index in [1.54, 1.807) is 0 Å². The summed E-state index contributed by atoms with van der Waals surface area (Å²) in [5.41, 5.74) is 1.06. The Kier molecular flexibility index (Phi) is 3.61. The molecule has 2 nitrogen and oxygen atoms in total. The highest BCUT2D eigenvalue weighted by atomic mass is 32.2. The van der Waals surface area contributed by atoms with E-state index in [0.717, 1.165) is 0 Å². The second-order valence-electron chi connectivity index (χ2n) is 2.05. The number of nitrogens with one attached hydrogen (secondary N) is 1. The summed E-state index contributed by atoms with van der Waals surface area (Å²) in [6, 6.07) is 0. The normalized spacial score (nSPS) is 10.2. The van der Waals surface area contributed by atoms with Crippen LogP contribution in [-0.2, 0) is 0 Å². The van der Waals surface area contributed by atoms with Crippen molar-refractivity contribution in [3.63, 3.8) is 0 Å². The highest BCUT2D eigenvalue weighted by Crippen LogP contribution is 2.27. The van der Waals surface area contributed by atoms with Crippen LogP contribution in [-0.4, -0.2) is 16.0 Å². The van der Waals surface area contributed by atoms with E-state index in [1.165, 1.54) is 6.20 Å². The molecule has 6 heteroatoms. The first-order valence-corrected chi connectivity index (χ1v) is 4.63. The van der Waals surface area contributed by atoms with Crippen LogP contribution in [0.25, 0.3) is 5.57 Å². The van der Waals surface area contributed by atoms with Gasteiger partial charge < -0.3 is 0 Å². The molecule has 1 rings (SSSR count). The van der Waals surface area contributed by atoms with E-state index < -0.39 is 0 Å². The molecule has 0 saturated heterocycles. The van der Waals surface area contributed by atoms with E-state index in [9.17, 15) is 7.77 Å². The first kappa shape index (κ1) is 9.60. The molecule has 0 atom stereocenters. The highest BCUT2D eigenvalue weighted by molar-refractivity contribution is 7.95. The maximum atomic E-state index is 12.1. The minimum atomic E-state index is 0.0457. The zero-order valence-electron chi connectivity index (χ0n) is 6.01. The van der Waals surface area contributed by atoms with Crippen LogP contribution in [0.15, 0.2) is 17.8 Å². The fraction of sp³-hybridized carbons (Fsp3) is 0.167. The monoisotopic (exact) mass is 208 g/mol. The quantitative estimate of drug-likeness (QED) is 0.824. The number of hydrogen-bond acceptors (Lipinski definition) is 3. The third kappa shape index (κ3) is 2.01. The van der Waals surface area contributed by atoms with Crippen LogP contribution in [0.4, 0.5) is 7.77 Å². The van der Waals surface area contributed by atoms with Crippen LogP contribution in [0.2, 0.25) is 0 Å². The molecular weight excluding hydrogens is 202 g/mol. The van der Waals surface area contributed by atoms with Gasteiger partial charge in [-0.25, -0.2) is 0 Å². The maximum absolute atomic E-state index is 12.1. The first-order valence-electron chi connectivity index (χ1n) is 3.03. The summed E-state index contributed by atoms with van der Waals surface area (Å²) >= 11 is 0.200. The summed E-state index contributed by atoms with van der Waals surface area (Å²) < 4.78 is 23.9. The minimum absolute atomic E-state index is 0.0457.